The van der Waals surface area contributed by atoms with Crippen LogP contribution in [0.25, 0.3) is 0 Å². The number of carbonyl (C=O) groups excluding carboxylic acids is 2. The van der Waals surface area contributed by atoms with Crippen LogP contribution < -0.4 is 5.32 Å². The highest BCUT2D eigenvalue weighted by atomic mass is 16.5. The molecule has 1 aromatic heterocycles. The Hall–Kier alpha value is -3.58. The van der Waals surface area contributed by atoms with Gasteiger partial charge in [0.2, 0.25) is 0 Å². The third-order valence-corrected chi connectivity index (χ3v) is 5.22. The Bertz CT molecular complexity index is 1020. The van der Waals surface area contributed by atoms with Gasteiger partial charge in [0, 0.05) is 36.5 Å². The third kappa shape index (κ3) is 5.13. The molecule has 1 fully saturated rings. The largest absolute Gasteiger partial charge is 0.508 e. The van der Waals surface area contributed by atoms with Gasteiger partial charge in [-0.2, -0.15) is 0 Å². The Morgan fingerprint density at radius 1 is 1.06 bits per heavy atom. The number of benzene rings is 2. The summed E-state index contributed by atoms with van der Waals surface area (Å²) < 4.78 is 10.8. The second-order valence-electron chi connectivity index (χ2n) is 7.46. The Morgan fingerprint density at radius 2 is 1.87 bits per heavy atom. The zero-order chi connectivity index (χ0) is 21.6. The van der Waals surface area contributed by atoms with Gasteiger partial charge in [-0.15, -0.1) is 0 Å². The molecule has 2 aromatic carbocycles. The van der Waals surface area contributed by atoms with Crippen molar-refractivity contribution in [2.45, 2.75) is 25.5 Å². The highest BCUT2D eigenvalue weighted by Gasteiger charge is 2.24. The summed E-state index contributed by atoms with van der Waals surface area (Å²) in [5, 5.41) is 12.9. The fourth-order valence-corrected chi connectivity index (χ4v) is 3.58. The van der Waals surface area contributed by atoms with Gasteiger partial charge in [0.05, 0.1) is 12.4 Å². The zero-order valence-corrected chi connectivity index (χ0v) is 17.0. The summed E-state index contributed by atoms with van der Waals surface area (Å²) in [7, 11) is 0. The van der Waals surface area contributed by atoms with E-state index in [4.69, 9.17) is 9.15 Å². The molecule has 3 aromatic rings. The Kier molecular flexibility index (Phi) is 6.33. The Morgan fingerprint density at radius 3 is 2.55 bits per heavy atom. The normalized spacial score (nSPS) is 15.5. The van der Waals surface area contributed by atoms with Crippen molar-refractivity contribution in [3.8, 4) is 5.75 Å². The van der Waals surface area contributed by atoms with E-state index in [-0.39, 0.29) is 36.0 Å². The van der Waals surface area contributed by atoms with Gasteiger partial charge in [-0.25, -0.2) is 0 Å². The molecule has 1 unspecified atom stereocenters. The van der Waals surface area contributed by atoms with E-state index in [1.807, 2.05) is 6.07 Å². The highest BCUT2D eigenvalue weighted by molar-refractivity contribution is 6.02. The van der Waals surface area contributed by atoms with Gasteiger partial charge in [-0.3, -0.25) is 9.59 Å². The van der Waals surface area contributed by atoms with Crippen LogP contribution in [-0.4, -0.2) is 41.1 Å². The number of aromatic hydroxyl groups is 1. The predicted octanol–water partition coefficient (Wildman–Crippen LogP) is 4.06. The maximum Gasteiger partial charge on any atom is 0.291 e. The molecule has 2 amide bonds. The topological polar surface area (TPSA) is 92.0 Å². The number of para-hydroxylation sites is 1. The number of nitrogens with zero attached hydrogens (tertiary/aromatic N) is 1. The van der Waals surface area contributed by atoms with Gasteiger partial charge in [0.15, 0.2) is 5.76 Å². The van der Waals surface area contributed by atoms with Crippen LogP contribution in [0.1, 0.15) is 39.3 Å². The van der Waals surface area contributed by atoms with E-state index in [0.717, 1.165) is 12.8 Å². The van der Waals surface area contributed by atoms with Gasteiger partial charge >= 0.3 is 0 Å². The maximum absolute atomic E-state index is 13.3. The molecule has 7 heteroatoms. The van der Waals surface area contributed by atoms with E-state index in [1.54, 1.807) is 59.5 Å². The number of carbonyl (C=O) groups is 2. The number of furan rings is 1. The Balaban J connectivity index is 1.48. The number of amides is 2. The van der Waals surface area contributed by atoms with E-state index in [9.17, 15) is 14.7 Å². The van der Waals surface area contributed by atoms with E-state index < -0.39 is 0 Å². The third-order valence-electron chi connectivity index (χ3n) is 5.22. The fourth-order valence-electron chi connectivity index (χ4n) is 3.58. The van der Waals surface area contributed by atoms with Crippen LogP contribution in [-0.2, 0) is 11.3 Å². The number of phenols is 1. The number of nitrogens with one attached hydrogen (secondary N) is 1. The second kappa shape index (κ2) is 9.49. The number of anilines is 1. The molecule has 4 rings (SSSR count). The predicted molar refractivity (Wildman–Crippen MR) is 115 cm³/mol. The van der Waals surface area contributed by atoms with Gasteiger partial charge in [-0.05, 0) is 55.3 Å². The molecule has 2 N–H and O–H groups in total. The van der Waals surface area contributed by atoms with E-state index in [2.05, 4.69) is 5.32 Å². The second-order valence-corrected chi connectivity index (χ2v) is 7.46. The molecule has 0 saturated carbocycles. The van der Waals surface area contributed by atoms with Crippen molar-refractivity contribution in [2.24, 2.45) is 0 Å². The molecule has 1 aliphatic heterocycles. The van der Waals surface area contributed by atoms with Crippen LogP contribution in [0.3, 0.4) is 0 Å². The lowest BCUT2D eigenvalue weighted by atomic mass is 10.1. The molecule has 0 radical (unpaired) electrons. The Labute approximate surface area is 180 Å². The molecule has 0 spiro atoms. The van der Waals surface area contributed by atoms with Crippen molar-refractivity contribution in [3.05, 3.63) is 83.8 Å². The van der Waals surface area contributed by atoms with E-state index >= 15 is 0 Å². The monoisotopic (exact) mass is 420 g/mol. The van der Waals surface area contributed by atoms with Crippen LogP contribution >= 0.6 is 0 Å². The van der Waals surface area contributed by atoms with Gasteiger partial charge < -0.3 is 24.5 Å². The van der Waals surface area contributed by atoms with Gasteiger partial charge in [0.25, 0.3) is 11.8 Å². The molecular weight excluding hydrogens is 396 g/mol. The molecule has 2 heterocycles. The lowest BCUT2D eigenvalue weighted by molar-refractivity contribution is 0.0506. The van der Waals surface area contributed by atoms with Crippen LogP contribution in [0, 0.1) is 0 Å². The summed E-state index contributed by atoms with van der Waals surface area (Å²) in [6, 6.07) is 16.9. The molecule has 31 heavy (non-hydrogen) atoms. The molecular formula is C24H24N2O5. The molecule has 1 atom stereocenters. The lowest BCUT2D eigenvalue weighted by Gasteiger charge is -2.26. The summed E-state index contributed by atoms with van der Waals surface area (Å²) in [6.07, 6.45) is 3.31. The summed E-state index contributed by atoms with van der Waals surface area (Å²) in [4.78, 5) is 27.1. The molecule has 0 bridgehead atoms. The summed E-state index contributed by atoms with van der Waals surface area (Å²) in [5.41, 5.74) is 1.73. The number of hydrogen-bond donors (Lipinski definition) is 2. The fraction of sp³-hybridized carbons (Fsp3) is 0.250. The standard InChI is InChI=1S/C24H24N2O5/c27-21-7-2-1-5-18(21)15-26(16-20-6-3-13-30-20)24(29)17-9-11-19(12-10-17)25-23(28)22-8-4-14-31-22/h1-2,4-5,7-12,14,20,27H,3,6,13,15-16H2,(H,25,28). The molecule has 1 aliphatic rings. The highest BCUT2D eigenvalue weighted by Crippen LogP contribution is 2.22. The van der Waals surface area contributed by atoms with E-state index in [1.165, 1.54) is 6.26 Å². The first kappa shape index (κ1) is 20.7. The quantitative estimate of drug-likeness (QED) is 0.601. The average Bonchev–Trinajstić information content (AvgIpc) is 3.49. The molecule has 7 nitrogen and oxygen atoms in total. The van der Waals surface area contributed by atoms with Crippen LogP contribution in [0.15, 0.2) is 71.3 Å². The minimum atomic E-state index is -0.358. The van der Waals surface area contributed by atoms with Crippen molar-refractivity contribution in [1.29, 1.82) is 0 Å². The van der Waals surface area contributed by atoms with Crippen molar-refractivity contribution >= 4 is 17.5 Å². The minimum Gasteiger partial charge on any atom is -0.508 e. The first-order valence-corrected chi connectivity index (χ1v) is 10.2. The number of rotatable bonds is 7. The zero-order valence-electron chi connectivity index (χ0n) is 17.0. The number of ether oxygens (including phenoxy) is 1. The van der Waals surface area contributed by atoms with Crippen LogP contribution in [0.5, 0.6) is 5.75 Å². The van der Waals surface area contributed by atoms with Crippen LogP contribution in [0.2, 0.25) is 0 Å². The van der Waals surface area contributed by atoms with Crippen molar-refractivity contribution in [2.75, 3.05) is 18.5 Å². The van der Waals surface area contributed by atoms with E-state index in [0.29, 0.717) is 30.0 Å². The molecule has 1 saturated heterocycles. The van der Waals surface area contributed by atoms with Crippen molar-refractivity contribution in [1.82, 2.24) is 4.90 Å². The smallest absolute Gasteiger partial charge is 0.291 e. The minimum absolute atomic E-state index is 0.0123. The van der Waals surface area contributed by atoms with Crippen molar-refractivity contribution < 1.29 is 23.8 Å². The summed E-state index contributed by atoms with van der Waals surface area (Å²) in [5.74, 6) is -0.152. The summed E-state index contributed by atoms with van der Waals surface area (Å²) >= 11 is 0. The molecule has 160 valence electrons. The van der Waals surface area contributed by atoms with Gasteiger partial charge in [0.1, 0.15) is 5.75 Å². The first-order chi connectivity index (χ1) is 15.1. The first-order valence-electron chi connectivity index (χ1n) is 10.2. The number of phenolic OH excluding ortho intramolecular Hbond substituents is 1. The lowest BCUT2D eigenvalue weighted by Crippen LogP contribution is -2.37. The SMILES string of the molecule is O=C(Nc1ccc(C(=O)N(Cc2ccccc2O)CC2CCCO2)cc1)c1ccco1. The molecule has 0 aliphatic carbocycles. The number of hydrogen-bond acceptors (Lipinski definition) is 5. The van der Waals surface area contributed by atoms with Crippen LogP contribution in [0.4, 0.5) is 5.69 Å². The van der Waals surface area contributed by atoms with Gasteiger partial charge in [-0.1, -0.05) is 18.2 Å². The van der Waals surface area contributed by atoms with Crippen molar-refractivity contribution in [3.63, 3.8) is 0 Å². The maximum atomic E-state index is 13.3. The summed E-state index contributed by atoms with van der Waals surface area (Å²) in [6.45, 7) is 1.43. The average molecular weight is 420 g/mol.